The number of hydrogen-bond donors (Lipinski definition) is 1. The molecule has 0 spiro atoms. The Morgan fingerprint density at radius 2 is 2.00 bits per heavy atom. The Kier molecular flexibility index (Phi) is 6.53. The van der Waals surface area contributed by atoms with Crippen LogP contribution in [0.25, 0.3) is 0 Å². The van der Waals surface area contributed by atoms with Gasteiger partial charge >= 0.3 is 6.16 Å². The summed E-state index contributed by atoms with van der Waals surface area (Å²) in [5, 5.41) is 8.39. The van der Waals surface area contributed by atoms with Crippen LogP contribution in [0.15, 0.2) is 0 Å². The van der Waals surface area contributed by atoms with Gasteiger partial charge in [-0.3, -0.25) is 0 Å². The molecular weight excluding hydrogens is 156 g/mol. The third-order valence-electron chi connectivity index (χ3n) is 1.76. The van der Waals surface area contributed by atoms with Gasteiger partial charge in [0.25, 0.3) is 0 Å². The maximum Gasteiger partial charge on any atom is 0.506 e. The molecule has 0 aromatic rings. The van der Waals surface area contributed by atoms with Gasteiger partial charge in [-0.05, 0) is 12.8 Å². The number of carboxylic acid groups (broad SMARTS) is 1. The summed E-state index contributed by atoms with van der Waals surface area (Å²) in [7, 11) is 0. The third-order valence-corrected chi connectivity index (χ3v) is 1.76. The lowest BCUT2D eigenvalue weighted by Crippen LogP contribution is -2.16. The van der Waals surface area contributed by atoms with E-state index in [0.29, 0.717) is 0 Å². The fourth-order valence-electron chi connectivity index (χ4n) is 1.16. The van der Waals surface area contributed by atoms with Crippen LogP contribution >= 0.6 is 0 Å². The number of carbonyl (C=O) groups is 1. The molecule has 0 radical (unpaired) electrons. The molecule has 0 aliphatic rings. The lowest BCUT2D eigenvalue weighted by atomic mass is 10.1. The quantitative estimate of drug-likeness (QED) is 0.629. The smallest absolute Gasteiger partial charge is 0.450 e. The molecule has 0 aromatic heterocycles. The van der Waals surface area contributed by atoms with Crippen LogP contribution in [0.5, 0.6) is 0 Å². The molecule has 0 amide bonds. The number of unbranched alkanes of at least 4 members (excludes halogenated alkanes) is 1. The Balaban J connectivity index is 3.61. The van der Waals surface area contributed by atoms with Gasteiger partial charge in [-0.1, -0.05) is 33.1 Å². The van der Waals surface area contributed by atoms with E-state index in [2.05, 4.69) is 6.92 Å². The van der Waals surface area contributed by atoms with E-state index in [9.17, 15) is 4.79 Å². The van der Waals surface area contributed by atoms with Crippen LogP contribution in [0, 0.1) is 0 Å². The zero-order valence-corrected chi connectivity index (χ0v) is 7.88. The van der Waals surface area contributed by atoms with E-state index in [0.717, 1.165) is 32.1 Å². The van der Waals surface area contributed by atoms with E-state index in [1.165, 1.54) is 0 Å². The molecule has 0 aliphatic heterocycles. The molecule has 0 heterocycles. The largest absolute Gasteiger partial charge is 0.506 e. The van der Waals surface area contributed by atoms with Gasteiger partial charge in [-0.25, -0.2) is 4.79 Å². The second kappa shape index (κ2) is 6.95. The summed E-state index contributed by atoms with van der Waals surface area (Å²) in [6.45, 7) is 4.12. The van der Waals surface area contributed by atoms with Gasteiger partial charge in [0.15, 0.2) is 0 Å². The monoisotopic (exact) mass is 174 g/mol. The molecule has 3 heteroatoms. The highest BCUT2D eigenvalue weighted by Crippen LogP contribution is 2.10. The van der Waals surface area contributed by atoms with Crippen molar-refractivity contribution >= 4 is 6.16 Å². The zero-order valence-electron chi connectivity index (χ0n) is 7.88. The summed E-state index contributed by atoms with van der Waals surface area (Å²) >= 11 is 0. The number of hydrogen-bond acceptors (Lipinski definition) is 2. The molecule has 0 saturated heterocycles. The van der Waals surface area contributed by atoms with E-state index in [1.807, 2.05) is 6.92 Å². The highest BCUT2D eigenvalue weighted by Gasteiger charge is 2.11. The molecule has 0 bridgehead atoms. The van der Waals surface area contributed by atoms with Crippen LogP contribution in [0.4, 0.5) is 4.79 Å². The molecule has 12 heavy (non-hydrogen) atoms. The minimum absolute atomic E-state index is 0.0903. The second-order valence-corrected chi connectivity index (χ2v) is 2.94. The van der Waals surface area contributed by atoms with Crippen molar-refractivity contribution in [1.29, 1.82) is 0 Å². The molecule has 0 aliphatic carbocycles. The van der Waals surface area contributed by atoms with Crippen molar-refractivity contribution in [1.82, 2.24) is 0 Å². The van der Waals surface area contributed by atoms with Gasteiger partial charge in [-0.2, -0.15) is 0 Å². The molecule has 0 aromatic carbocycles. The molecular formula is C9H18O3. The van der Waals surface area contributed by atoms with Crippen LogP contribution in [-0.4, -0.2) is 17.4 Å². The van der Waals surface area contributed by atoms with Crippen molar-refractivity contribution in [3.8, 4) is 0 Å². The highest BCUT2D eigenvalue weighted by atomic mass is 16.7. The Hall–Kier alpha value is -0.730. The third kappa shape index (κ3) is 6.01. The highest BCUT2D eigenvalue weighted by molar-refractivity contribution is 5.57. The van der Waals surface area contributed by atoms with Crippen LogP contribution in [0.3, 0.4) is 0 Å². The predicted molar refractivity (Wildman–Crippen MR) is 47.3 cm³/mol. The van der Waals surface area contributed by atoms with Crippen LogP contribution in [0.1, 0.15) is 46.0 Å². The standard InChI is InChI=1S/C9H18O3/c1-3-5-7-8(6-4-2)12-9(10)11/h8H,3-7H2,1-2H3,(H,10,11). The van der Waals surface area contributed by atoms with Crippen LogP contribution in [0.2, 0.25) is 0 Å². The topological polar surface area (TPSA) is 46.5 Å². The van der Waals surface area contributed by atoms with Crippen molar-refractivity contribution in [3.63, 3.8) is 0 Å². The summed E-state index contributed by atoms with van der Waals surface area (Å²) in [5.41, 5.74) is 0. The summed E-state index contributed by atoms with van der Waals surface area (Å²) < 4.78 is 4.71. The summed E-state index contributed by atoms with van der Waals surface area (Å²) in [5.74, 6) is 0. The first kappa shape index (κ1) is 11.3. The Labute approximate surface area is 73.7 Å². The first-order chi connectivity index (χ1) is 5.70. The Bertz CT molecular complexity index is 123. The average Bonchev–Trinajstić information content (AvgIpc) is 2.00. The zero-order chi connectivity index (χ0) is 9.40. The SMILES string of the molecule is CCCCC(CCC)OC(=O)O. The fourth-order valence-corrected chi connectivity index (χ4v) is 1.16. The summed E-state index contributed by atoms with van der Waals surface area (Å²) in [6, 6.07) is 0. The lowest BCUT2D eigenvalue weighted by Gasteiger charge is -2.13. The molecule has 0 rings (SSSR count). The Morgan fingerprint density at radius 3 is 2.42 bits per heavy atom. The van der Waals surface area contributed by atoms with Crippen molar-refractivity contribution in [3.05, 3.63) is 0 Å². The van der Waals surface area contributed by atoms with Crippen LogP contribution < -0.4 is 0 Å². The van der Waals surface area contributed by atoms with E-state index in [1.54, 1.807) is 0 Å². The number of rotatable bonds is 6. The Morgan fingerprint density at radius 1 is 1.33 bits per heavy atom. The molecule has 0 fully saturated rings. The molecule has 3 nitrogen and oxygen atoms in total. The molecule has 0 saturated carbocycles. The maximum absolute atomic E-state index is 10.2. The van der Waals surface area contributed by atoms with E-state index < -0.39 is 6.16 Å². The second-order valence-electron chi connectivity index (χ2n) is 2.94. The van der Waals surface area contributed by atoms with Gasteiger partial charge in [0.2, 0.25) is 0 Å². The van der Waals surface area contributed by atoms with Crippen molar-refractivity contribution < 1.29 is 14.6 Å². The van der Waals surface area contributed by atoms with E-state index in [-0.39, 0.29) is 6.10 Å². The van der Waals surface area contributed by atoms with Gasteiger partial charge in [0, 0.05) is 0 Å². The summed E-state index contributed by atoms with van der Waals surface area (Å²) in [6.07, 6.45) is 3.56. The van der Waals surface area contributed by atoms with Crippen molar-refractivity contribution in [2.24, 2.45) is 0 Å². The first-order valence-electron chi connectivity index (χ1n) is 4.60. The number of ether oxygens (including phenoxy) is 1. The van der Waals surface area contributed by atoms with Gasteiger partial charge in [0.05, 0.1) is 0 Å². The van der Waals surface area contributed by atoms with Gasteiger partial charge < -0.3 is 9.84 Å². The lowest BCUT2D eigenvalue weighted by molar-refractivity contribution is 0.0433. The van der Waals surface area contributed by atoms with E-state index in [4.69, 9.17) is 9.84 Å². The first-order valence-corrected chi connectivity index (χ1v) is 4.60. The average molecular weight is 174 g/mol. The molecule has 1 atom stereocenters. The van der Waals surface area contributed by atoms with Gasteiger partial charge in [0.1, 0.15) is 6.10 Å². The molecule has 1 N–H and O–H groups in total. The van der Waals surface area contributed by atoms with Crippen molar-refractivity contribution in [2.75, 3.05) is 0 Å². The molecule has 1 unspecified atom stereocenters. The van der Waals surface area contributed by atoms with Gasteiger partial charge in [-0.15, -0.1) is 0 Å². The minimum Gasteiger partial charge on any atom is -0.450 e. The fraction of sp³-hybridized carbons (Fsp3) is 0.889. The predicted octanol–water partition coefficient (Wildman–Crippen LogP) is 3.04. The maximum atomic E-state index is 10.2. The van der Waals surface area contributed by atoms with Crippen LogP contribution in [-0.2, 0) is 4.74 Å². The molecule has 72 valence electrons. The normalized spacial score (nSPS) is 12.5. The van der Waals surface area contributed by atoms with Crippen molar-refractivity contribution in [2.45, 2.75) is 52.1 Å². The summed E-state index contributed by atoms with van der Waals surface area (Å²) in [4.78, 5) is 10.2. The van der Waals surface area contributed by atoms with E-state index >= 15 is 0 Å². The minimum atomic E-state index is -1.15.